The molecular weight excluding hydrogens is 338 g/mol. The molecule has 3 heterocycles. The van der Waals surface area contributed by atoms with Gasteiger partial charge in [-0.2, -0.15) is 16.3 Å². The second kappa shape index (κ2) is 7.70. The number of rotatable bonds is 8. The van der Waals surface area contributed by atoms with E-state index in [4.69, 9.17) is 4.52 Å². The van der Waals surface area contributed by atoms with Crippen molar-refractivity contribution in [3.05, 3.63) is 22.7 Å². The van der Waals surface area contributed by atoms with E-state index in [2.05, 4.69) is 32.6 Å². The fourth-order valence-corrected chi connectivity index (χ4v) is 3.91. The van der Waals surface area contributed by atoms with Crippen LogP contribution in [-0.4, -0.2) is 26.9 Å². The van der Waals surface area contributed by atoms with Gasteiger partial charge in [0.25, 0.3) is 0 Å². The van der Waals surface area contributed by atoms with Crippen LogP contribution >= 0.6 is 34.4 Å². The molecule has 3 rings (SSSR count). The van der Waals surface area contributed by atoms with Crippen molar-refractivity contribution in [3.8, 4) is 11.4 Å². The first-order valence-corrected chi connectivity index (χ1v) is 9.65. The van der Waals surface area contributed by atoms with Crippen molar-refractivity contribution in [2.45, 2.75) is 29.9 Å². The predicted molar refractivity (Wildman–Crippen MR) is 90.5 cm³/mol. The minimum atomic E-state index is 0.598. The fraction of sp³-hybridized carbons (Fsp3) is 0.385. The molecule has 0 spiro atoms. The summed E-state index contributed by atoms with van der Waals surface area (Å²) in [5, 5.41) is 20.4. The van der Waals surface area contributed by atoms with E-state index in [-0.39, 0.29) is 0 Å². The maximum Gasteiger partial charge on any atom is 0.237 e. The molecule has 0 aliphatic heterocycles. The molecule has 0 unspecified atom stereocenters. The highest BCUT2D eigenvalue weighted by molar-refractivity contribution is 8.00. The van der Waals surface area contributed by atoms with E-state index in [1.165, 1.54) is 0 Å². The zero-order valence-corrected chi connectivity index (χ0v) is 14.4. The van der Waals surface area contributed by atoms with Gasteiger partial charge in [-0.25, -0.2) is 0 Å². The van der Waals surface area contributed by atoms with Gasteiger partial charge >= 0.3 is 0 Å². The van der Waals surface area contributed by atoms with E-state index < -0.39 is 0 Å². The minimum Gasteiger partial charge on any atom is -0.360 e. The lowest BCUT2D eigenvalue weighted by molar-refractivity contribution is 0.391. The number of unbranched alkanes of at least 4 members (excludes halogenated alkanes) is 1. The van der Waals surface area contributed by atoms with Crippen LogP contribution in [0.5, 0.6) is 0 Å². The maximum absolute atomic E-state index is 5.26. The normalized spacial score (nSPS) is 11.0. The van der Waals surface area contributed by atoms with E-state index in [1.807, 2.05) is 16.8 Å². The Hall–Kier alpha value is -1.45. The summed E-state index contributed by atoms with van der Waals surface area (Å²) < 4.78 is 6.16. The van der Waals surface area contributed by atoms with Gasteiger partial charge < -0.3 is 9.84 Å². The molecule has 6 nitrogen and oxygen atoms in total. The summed E-state index contributed by atoms with van der Waals surface area (Å²) in [5.74, 6) is 1.83. The second-order valence-electron chi connectivity index (χ2n) is 4.47. The topological polar surface area (TPSA) is 76.7 Å². The van der Waals surface area contributed by atoms with Gasteiger partial charge in [0.1, 0.15) is 0 Å². The summed E-state index contributed by atoms with van der Waals surface area (Å²) in [4.78, 5) is 4.38. The molecule has 22 heavy (non-hydrogen) atoms. The molecule has 0 aliphatic rings. The maximum atomic E-state index is 5.26. The molecule has 0 fully saturated rings. The van der Waals surface area contributed by atoms with Crippen molar-refractivity contribution in [1.29, 1.82) is 0 Å². The van der Waals surface area contributed by atoms with E-state index in [9.17, 15) is 0 Å². The lowest BCUT2D eigenvalue weighted by atomic mass is 10.3. The van der Waals surface area contributed by atoms with Crippen LogP contribution in [0.4, 0.5) is 5.13 Å². The molecule has 0 saturated heterocycles. The number of nitrogens with zero attached hydrogens (tertiary/aromatic N) is 4. The Morgan fingerprint density at radius 3 is 3.14 bits per heavy atom. The van der Waals surface area contributed by atoms with Crippen LogP contribution in [0.2, 0.25) is 0 Å². The smallest absolute Gasteiger partial charge is 0.237 e. The Labute approximate surface area is 140 Å². The van der Waals surface area contributed by atoms with Crippen molar-refractivity contribution in [3.63, 3.8) is 0 Å². The van der Waals surface area contributed by atoms with E-state index in [0.717, 1.165) is 34.4 Å². The van der Waals surface area contributed by atoms with Crippen molar-refractivity contribution in [2.24, 2.45) is 0 Å². The summed E-state index contributed by atoms with van der Waals surface area (Å²) in [7, 11) is 0. The first kappa shape index (κ1) is 15.4. The van der Waals surface area contributed by atoms with Crippen LogP contribution in [0, 0.1) is 0 Å². The molecule has 0 radical (unpaired) electrons. The van der Waals surface area contributed by atoms with Gasteiger partial charge in [-0.1, -0.05) is 41.6 Å². The summed E-state index contributed by atoms with van der Waals surface area (Å²) >= 11 is 4.72. The molecule has 0 atom stereocenters. The summed E-state index contributed by atoms with van der Waals surface area (Å²) in [6, 6.07) is 1.98. The molecular formula is C13H15N5OS3. The van der Waals surface area contributed by atoms with Crippen molar-refractivity contribution in [1.82, 2.24) is 20.3 Å². The van der Waals surface area contributed by atoms with Crippen LogP contribution in [0.25, 0.3) is 11.4 Å². The number of hydrogen-bond acceptors (Lipinski definition) is 9. The Morgan fingerprint density at radius 2 is 2.32 bits per heavy atom. The average Bonchev–Trinajstić information content (AvgIpc) is 3.26. The quantitative estimate of drug-likeness (QED) is 0.481. The predicted octanol–water partition coefficient (Wildman–Crippen LogP) is 4.15. The third kappa shape index (κ3) is 4.05. The van der Waals surface area contributed by atoms with Crippen LogP contribution in [-0.2, 0) is 5.75 Å². The minimum absolute atomic E-state index is 0.598. The van der Waals surface area contributed by atoms with Crippen molar-refractivity contribution >= 4 is 39.6 Å². The highest BCUT2D eigenvalue weighted by Crippen LogP contribution is 2.28. The number of anilines is 1. The number of nitrogens with one attached hydrogen (secondary N) is 1. The van der Waals surface area contributed by atoms with E-state index in [0.29, 0.717) is 17.5 Å². The molecule has 3 aromatic heterocycles. The standard InChI is InChI=1S/C13H15N5OS3/c1-2-3-5-14-12-16-17-13(22-12)21-8-10-15-11(18-19-10)9-4-6-20-7-9/h4,6-7H,2-3,5,8H2,1H3,(H,14,16). The van der Waals surface area contributed by atoms with Gasteiger partial charge in [0.2, 0.25) is 16.8 Å². The largest absolute Gasteiger partial charge is 0.360 e. The van der Waals surface area contributed by atoms with Gasteiger partial charge in [0.05, 0.1) is 5.75 Å². The molecule has 0 aliphatic carbocycles. The lowest BCUT2D eigenvalue weighted by Crippen LogP contribution is -1.99. The number of aromatic nitrogens is 4. The highest BCUT2D eigenvalue weighted by Gasteiger charge is 2.11. The molecule has 0 saturated carbocycles. The van der Waals surface area contributed by atoms with E-state index in [1.54, 1.807) is 34.4 Å². The lowest BCUT2D eigenvalue weighted by Gasteiger charge is -1.97. The third-order valence-corrected chi connectivity index (χ3v) is 5.46. The van der Waals surface area contributed by atoms with Gasteiger partial charge in [-0.05, 0) is 17.9 Å². The Balaban J connectivity index is 1.52. The Kier molecular flexibility index (Phi) is 5.41. The summed E-state index contributed by atoms with van der Waals surface area (Å²) in [5.41, 5.74) is 0.989. The molecule has 0 bridgehead atoms. The summed E-state index contributed by atoms with van der Waals surface area (Å²) in [6.07, 6.45) is 2.30. The number of thioether (sulfide) groups is 1. The fourth-order valence-electron chi connectivity index (χ4n) is 1.66. The van der Waals surface area contributed by atoms with Gasteiger partial charge in [0.15, 0.2) is 4.34 Å². The molecule has 116 valence electrons. The molecule has 0 aromatic carbocycles. The van der Waals surface area contributed by atoms with Crippen LogP contribution in [0.1, 0.15) is 25.7 Å². The zero-order chi connectivity index (χ0) is 15.2. The van der Waals surface area contributed by atoms with Gasteiger partial charge in [0, 0.05) is 17.5 Å². The number of hydrogen-bond donors (Lipinski definition) is 1. The second-order valence-corrected chi connectivity index (χ2v) is 7.45. The summed E-state index contributed by atoms with van der Waals surface area (Å²) in [6.45, 7) is 3.10. The zero-order valence-electron chi connectivity index (χ0n) is 12.0. The van der Waals surface area contributed by atoms with Crippen molar-refractivity contribution in [2.75, 3.05) is 11.9 Å². The average molecular weight is 353 g/mol. The highest BCUT2D eigenvalue weighted by atomic mass is 32.2. The van der Waals surface area contributed by atoms with E-state index >= 15 is 0 Å². The molecule has 3 aromatic rings. The molecule has 9 heteroatoms. The molecule has 1 N–H and O–H groups in total. The Morgan fingerprint density at radius 1 is 1.36 bits per heavy atom. The number of thiophene rings is 1. The first-order valence-electron chi connectivity index (χ1n) is 6.90. The Bertz CT molecular complexity index is 694. The van der Waals surface area contributed by atoms with Gasteiger partial charge in [-0.3, -0.25) is 0 Å². The SMILES string of the molecule is CCCCNc1nnc(SCc2nc(-c3ccsc3)no2)s1. The first-order chi connectivity index (χ1) is 10.8. The van der Waals surface area contributed by atoms with Crippen molar-refractivity contribution < 1.29 is 4.52 Å². The third-order valence-electron chi connectivity index (χ3n) is 2.78. The molecule has 0 amide bonds. The van der Waals surface area contributed by atoms with Crippen LogP contribution in [0.15, 0.2) is 25.7 Å². The van der Waals surface area contributed by atoms with Crippen LogP contribution < -0.4 is 5.32 Å². The van der Waals surface area contributed by atoms with Gasteiger partial charge in [-0.15, -0.1) is 10.2 Å². The van der Waals surface area contributed by atoms with Crippen LogP contribution in [0.3, 0.4) is 0 Å². The monoisotopic (exact) mass is 353 g/mol.